The molecule has 2 aromatic carbocycles. The highest BCUT2D eigenvalue weighted by Crippen LogP contribution is 2.35. The predicted molar refractivity (Wildman–Crippen MR) is 109 cm³/mol. The molecule has 2 bridgehead atoms. The second-order valence-electron chi connectivity index (χ2n) is 7.96. The summed E-state index contributed by atoms with van der Waals surface area (Å²) in [5.74, 6) is 1.06. The number of benzene rings is 2. The number of pyridine rings is 1. The van der Waals surface area contributed by atoms with Gasteiger partial charge in [-0.1, -0.05) is 60.7 Å². The van der Waals surface area contributed by atoms with Gasteiger partial charge in [0.05, 0.1) is 0 Å². The normalized spacial score (nSPS) is 21.6. The van der Waals surface area contributed by atoms with E-state index in [-0.39, 0.29) is 5.56 Å². The molecule has 1 saturated heterocycles. The molecule has 0 amide bonds. The number of rotatable bonds is 3. The summed E-state index contributed by atoms with van der Waals surface area (Å²) in [7, 11) is 0. The van der Waals surface area contributed by atoms with E-state index >= 15 is 0 Å². The van der Waals surface area contributed by atoms with Crippen molar-refractivity contribution in [2.24, 2.45) is 5.92 Å². The van der Waals surface area contributed by atoms with Gasteiger partial charge in [-0.15, -0.1) is 0 Å². The lowest BCUT2D eigenvalue weighted by atomic mass is 9.83. The molecule has 5 rings (SSSR count). The van der Waals surface area contributed by atoms with Crippen molar-refractivity contribution in [1.29, 1.82) is 0 Å². The fourth-order valence-electron chi connectivity index (χ4n) is 4.82. The first kappa shape index (κ1) is 16.5. The van der Waals surface area contributed by atoms with Crippen LogP contribution in [0.3, 0.4) is 0 Å². The molecule has 136 valence electrons. The van der Waals surface area contributed by atoms with Crippen LogP contribution in [-0.4, -0.2) is 22.6 Å². The molecule has 3 aromatic rings. The Morgan fingerprint density at radius 1 is 0.778 bits per heavy atom. The second kappa shape index (κ2) is 6.82. The molecule has 1 fully saturated rings. The van der Waals surface area contributed by atoms with Gasteiger partial charge in [0.2, 0.25) is 0 Å². The Balaban J connectivity index is 1.32. The lowest BCUT2D eigenvalue weighted by Gasteiger charge is -2.42. The third-order valence-corrected chi connectivity index (χ3v) is 6.02. The second-order valence-corrected chi connectivity index (χ2v) is 7.96. The highest BCUT2D eigenvalue weighted by Gasteiger charge is 2.34. The minimum Gasteiger partial charge on any atom is -0.312 e. The summed E-state index contributed by atoms with van der Waals surface area (Å²) in [4.78, 5) is 14.7. The Morgan fingerprint density at radius 2 is 1.56 bits per heavy atom. The first-order valence-electron chi connectivity index (χ1n) is 9.83. The summed E-state index contributed by atoms with van der Waals surface area (Å²) >= 11 is 0. The Kier molecular flexibility index (Phi) is 4.17. The quantitative estimate of drug-likeness (QED) is 0.705. The molecule has 2 aliphatic rings. The maximum Gasteiger partial charge on any atom is 0.250 e. The SMILES string of the molecule is O=c1cccc2n1C[C@H]1C[C@H]2CN(Cc2ccc(-c3ccccc3)cc2)C1. The standard InChI is InChI=1S/C24H24N2O/c27-24-8-4-7-23-22-13-19(16-26(23)24)15-25(17-22)14-18-9-11-21(12-10-18)20-5-2-1-3-6-20/h1-12,19,22H,13-17H2/t19-,22-/m0/s1. The lowest BCUT2D eigenvalue weighted by molar-refractivity contribution is 0.114. The van der Waals surface area contributed by atoms with Crippen LogP contribution in [0.4, 0.5) is 0 Å². The Morgan fingerprint density at radius 3 is 2.37 bits per heavy atom. The van der Waals surface area contributed by atoms with Gasteiger partial charge in [-0.25, -0.2) is 0 Å². The highest BCUT2D eigenvalue weighted by molar-refractivity contribution is 5.63. The molecule has 0 saturated carbocycles. The number of hydrogen-bond acceptors (Lipinski definition) is 2. The van der Waals surface area contributed by atoms with Crippen LogP contribution >= 0.6 is 0 Å². The average Bonchev–Trinajstić information content (AvgIpc) is 2.70. The summed E-state index contributed by atoms with van der Waals surface area (Å²) in [5, 5.41) is 0. The number of piperidine rings is 1. The minimum atomic E-state index is 0.159. The van der Waals surface area contributed by atoms with Gasteiger partial charge in [0.1, 0.15) is 0 Å². The molecule has 2 aliphatic heterocycles. The molecule has 1 aromatic heterocycles. The molecule has 3 heteroatoms. The van der Waals surface area contributed by atoms with Gasteiger partial charge >= 0.3 is 0 Å². The monoisotopic (exact) mass is 356 g/mol. The molecular formula is C24H24N2O. The van der Waals surface area contributed by atoms with E-state index in [9.17, 15) is 4.79 Å². The van der Waals surface area contributed by atoms with Crippen LogP contribution in [0.2, 0.25) is 0 Å². The van der Waals surface area contributed by atoms with Gasteiger partial charge in [-0.3, -0.25) is 9.69 Å². The van der Waals surface area contributed by atoms with Gasteiger partial charge < -0.3 is 4.57 Å². The molecule has 0 spiro atoms. The van der Waals surface area contributed by atoms with Gasteiger partial charge in [-0.05, 0) is 35.1 Å². The predicted octanol–water partition coefficient (Wildman–Crippen LogP) is 4.13. The van der Waals surface area contributed by atoms with Crippen LogP contribution in [0.1, 0.15) is 23.6 Å². The van der Waals surface area contributed by atoms with Crippen LogP contribution in [-0.2, 0) is 13.1 Å². The minimum absolute atomic E-state index is 0.159. The molecule has 2 atom stereocenters. The number of nitrogens with zero attached hydrogens (tertiary/aromatic N) is 2. The van der Waals surface area contributed by atoms with E-state index in [0.29, 0.717) is 11.8 Å². The van der Waals surface area contributed by atoms with E-state index in [1.165, 1.54) is 28.8 Å². The fourth-order valence-corrected chi connectivity index (χ4v) is 4.82. The summed E-state index contributed by atoms with van der Waals surface area (Å²) < 4.78 is 2.00. The Hall–Kier alpha value is -2.65. The van der Waals surface area contributed by atoms with E-state index in [0.717, 1.165) is 26.2 Å². The van der Waals surface area contributed by atoms with Crippen molar-refractivity contribution in [3.63, 3.8) is 0 Å². The zero-order chi connectivity index (χ0) is 18.2. The Labute approximate surface area is 159 Å². The third kappa shape index (κ3) is 3.24. The van der Waals surface area contributed by atoms with Crippen molar-refractivity contribution < 1.29 is 0 Å². The molecular weight excluding hydrogens is 332 g/mol. The van der Waals surface area contributed by atoms with Crippen LogP contribution in [0, 0.1) is 5.92 Å². The average molecular weight is 356 g/mol. The number of likely N-dealkylation sites (tertiary alicyclic amines) is 1. The molecule has 0 radical (unpaired) electrons. The summed E-state index contributed by atoms with van der Waals surface area (Å²) in [6.07, 6.45) is 1.22. The van der Waals surface area contributed by atoms with Crippen molar-refractivity contribution in [2.45, 2.75) is 25.4 Å². The van der Waals surface area contributed by atoms with Crippen molar-refractivity contribution in [3.8, 4) is 11.1 Å². The largest absolute Gasteiger partial charge is 0.312 e. The third-order valence-electron chi connectivity index (χ3n) is 6.02. The van der Waals surface area contributed by atoms with E-state index in [1.807, 2.05) is 10.6 Å². The lowest BCUT2D eigenvalue weighted by Crippen LogP contribution is -2.46. The summed E-state index contributed by atoms with van der Waals surface area (Å²) in [6, 6.07) is 25.2. The highest BCUT2D eigenvalue weighted by atomic mass is 16.1. The fraction of sp³-hybridized carbons (Fsp3) is 0.292. The summed E-state index contributed by atoms with van der Waals surface area (Å²) in [5.41, 5.74) is 5.27. The molecule has 0 unspecified atom stereocenters. The zero-order valence-electron chi connectivity index (χ0n) is 15.4. The number of hydrogen-bond donors (Lipinski definition) is 0. The zero-order valence-corrected chi connectivity index (χ0v) is 15.4. The Bertz CT molecular complexity index is 991. The summed E-state index contributed by atoms with van der Waals surface area (Å²) in [6.45, 7) is 3.98. The van der Waals surface area contributed by atoms with E-state index in [2.05, 4.69) is 65.6 Å². The van der Waals surface area contributed by atoms with Crippen LogP contribution < -0.4 is 5.56 Å². The van der Waals surface area contributed by atoms with E-state index < -0.39 is 0 Å². The molecule has 27 heavy (non-hydrogen) atoms. The van der Waals surface area contributed by atoms with E-state index in [1.54, 1.807) is 6.07 Å². The van der Waals surface area contributed by atoms with Gasteiger partial charge in [0.25, 0.3) is 5.56 Å². The van der Waals surface area contributed by atoms with Crippen molar-refractivity contribution >= 4 is 0 Å². The van der Waals surface area contributed by atoms with Gasteiger partial charge in [-0.2, -0.15) is 0 Å². The maximum atomic E-state index is 12.2. The molecule has 0 aliphatic carbocycles. The van der Waals surface area contributed by atoms with Crippen LogP contribution in [0.15, 0.2) is 77.6 Å². The van der Waals surface area contributed by atoms with Crippen LogP contribution in [0.25, 0.3) is 11.1 Å². The van der Waals surface area contributed by atoms with Crippen molar-refractivity contribution in [3.05, 3.63) is 94.4 Å². The smallest absolute Gasteiger partial charge is 0.250 e. The number of fused-ring (bicyclic) bond motifs is 4. The van der Waals surface area contributed by atoms with Crippen molar-refractivity contribution in [2.75, 3.05) is 13.1 Å². The van der Waals surface area contributed by atoms with Gasteiger partial charge in [0.15, 0.2) is 0 Å². The first-order valence-corrected chi connectivity index (χ1v) is 9.83. The van der Waals surface area contributed by atoms with E-state index in [4.69, 9.17) is 0 Å². The molecule has 3 nitrogen and oxygen atoms in total. The van der Waals surface area contributed by atoms with Crippen molar-refractivity contribution in [1.82, 2.24) is 9.47 Å². The topological polar surface area (TPSA) is 25.2 Å². The van der Waals surface area contributed by atoms with Crippen LogP contribution in [0.5, 0.6) is 0 Å². The molecule has 0 N–H and O–H groups in total. The number of aromatic nitrogens is 1. The molecule has 3 heterocycles. The maximum absolute atomic E-state index is 12.2. The van der Waals surface area contributed by atoms with Gasteiger partial charge in [0, 0.05) is 43.9 Å². The first-order chi connectivity index (χ1) is 13.3.